The zero-order valence-corrected chi connectivity index (χ0v) is 23.1. The summed E-state index contributed by atoms with van der Waals surface area (Å²) >= 11 is 0. The highest BCUT2D eigenvalue weighted by molar-refractivity contribution is 5.97. The molecular formula is C28H31N9O4. The van der Waals surface area contributed by atoms with Gasteiger partial charge in [-0.25, -0.2) is 4.79 Å². The fourth-order valence-electron chi connectivity index (χ4n) is 4.65. The predicted octanol–water partition coefficient (Wildman–Crippen LogP) is 3.39. The van der Waals surface area contributed by atoms with Gasteiger partial charge in [-0.2, -0.15) is 10.5 Å². The van der Waals surface area contributed by atoms with Crippen molar-refractivity contribution in [2.24, 2.45) is 0 Å². The number of tetrazole rings is 1. The number of nitrogens with one attached hydrogen (secondary N) is 2. The normalized spacial score (nSPS) is 13.2. The predicted molar refractivity (Wildman–Crippen MR) is 151 cm³/mol. The summed E-state index contributed by atoms with van der Waals surface area (Å²) in [5, 5.41) is 27.4. The van der Waals surface area contributed by atoms with Gasteiger partial charge in [-0.3, -0.25) is 4.98 Å². The smallest absolute Gasteiger partial charge is 0.321 e. The molecule has 2 N–H and O–H groups in total. The summed E-state index contributed by atoms with van der Waals surface area (Å²) in [7, 11) is 1.57. The van der Waals surface area contributed by atoms with Crippen LogP contribution in [0, 0.1) is 11.3 Å². The number of rotatable bonds is 9. The van der Waals surface area contributed by atoms with E-state index >= 15 is 0 Å². The zero-order valence-electron chi connectivity index (χ0n) is 23.1. The van der Waals surface area contributed by atoms with Gasteiger partial charge in [-0.05, 0) is 44.2 Å². The SMILES string of the molecule is COc1cc2c(N3CCN(C(=O)Nc4ccc(OC(C)C)cc4)CC3)c(C#N)cnc2cc1OCCc1nn[nH]n1. The van der Waals surface area contributed by atoms with Gasteiger partial charge in [0.05, 0.1) is 36.6 Å². The number of hydrogen-bond acceptors (Lipinski definition) is 10. The van der Waals surface area contributed by atoms with Crippen LogP contribution in [-0.2, 0) is 6.42 Å². The summed E-state index contributed by atoms with van der Waals surface area (Å²) in [6, 6.07) is 13.1. The number of urea groups is 1. The van der Waals surface area contributed by atoms with E-state index in [9.17, 15) is 10.1 Å². The average molecular weight is 558 g/mol. The number of methoxy groups -OCH3 is 1. The highest BCUT2D eigenvalue weighted by Crippen LogP contribution is 2.38. The third-order valence-electron chi connectivity index (χ3n) is 6.58. The molecule has 1 fully saturated rings. The maximum atomic E-state index is 13.0. The molecule has 2 aromatic heterocycles. The molecule has 212 valence electrons. The molecule has 2 amide bonds. The Morgan fingerprint density at radius 2 is 1.93 bits per heavy atom. The molecule has 0 bridgehead atoms. The van der Waals surface area contributed by atoms with E-state index in [0.29, 0.717) is 73.3 Å². The highest BCUT2D eigenvalue weighted by atomic mass is 16.5. The Labute approximate surface area is 237 Å². The average Bonchev–Trinajstić information content (AvgIpc) is 3.50. The molecule has 13 heteroatoms. The lowest BCUT2D eigenvalue weighted by atomic mass is 10.1. The van der Waals surface area contributed by atoms with E-state index in [1.807, 2.05) is 44.2 Å². The lowest BCUT2D eigenvalue weighted by molar-refractivity contribution is 0.208. The van der Waals surface area contributed by atoms with Gasteiger partial charge in [0.25, 0.3) is 0 Å². The number of pyridine rings is 1. The summed E-state index contributed by atoms with van der Waals surface area (Å²) < 4.78 is 17.2. The van der Waals surface area contributed by atoms with Crippen molar-refractivity contribution in [3.63, 3.8) is 0 Å². The number of hydrogen-bond donors (Lipinski definition) is 2. The van der Waals surface area contributed by atoms with Gasteiger partial charge in [0.2, 0.25) is 0 Å². The van der Waals surface area contributed by atoms with Crippen LogP contribution in [0.15, 0.2) is 42.6 Å². The summed E-state index contributed by atoms with van der Waals surface area (Å²) in [4.78, 5) is 21.3. The second-order valence-corrected chi connectivity index (χ2v) is 9.67. The van der Waals surface area contributed by atoms with E-state index in [-0.39, 0.29) is 12.1 Å². The van der Waals surface area contributed by atoms with E-state index in [4.69, 9.17) is 14.2 Å². The number of carbonyl (C=O) groups is 1. The number of fused-ring (bicyclic) bond motifs is 1. The van der Waals surface area contributed by atoms with Crippen LogP contribution in [0.4, 0.5) is 16.2 Å². The van der Waals surface area contributed by atoms with E-state index in [1.165, 1.54) is 0 Å². The number of piperazine rings is 1. The van der Waals surface area contributed by atoms with Gasteiger partial charge in [-0.15, -0.1) is 10.2 Å². The molecule has 0 saturated carbocycles. The summed E-state index contributed by atoms with van der Waals surface area (Å²) in [6.45, 7) is 6.33. The van der Waals surface area contributed by atoms with Gasteiger partial charge in [0.1, 0.15) is 11.8 Å². The van der Waals surface area contributed by atoms with Gasteiger partial charge < -0.3 is 29.3 Å². The Balaban J connectivity index is 1.28. The molecule has 1 aliphatic heterocycles. The number of nitrogens with zero attached hydrogens (tertiary/aromatic N) is 7. The van der Waals surface area contributed by atoms with Crippen molar-refractivity contribution in [1.29, 1.82) is 5.26 Å². The van der Waals surface area contributed by atoms with Crippen molar-refractivity contribution < 1.29 is 19.0 Å². The lowest BCUT2D eigenvalue weighted by Crippen LogP contribution is -2.50. The molecule has 2 aromatic carbocycles. The fraction of sp³-hybridized carbons (Fsp3) is 0.357. The molecule has 0 radical (unpaired) electrons. The Morgan fingerprint density at radius 3 is 2.59 bits per heavy atom. The van der Waals surface area contributed by atoms with Crippen molar-refractivity contribution in [3.05, 3.63) is 54.0 Å². The number of benzene rings is 2. The number of anilines is 2. The number of amides is 2. The van der Waals surface area contributed by atoms with Crippen LogP contribution in [0.2, 0.25) is 0 Å². The molecule has 3 heterocycles. The standard InChI is InChI=1S/C28H31N9O4/c1-18(2)41-21-6-4-20(5-7-21)31-28(38)37-11-9-36(10-12-37)27-19(16-29)17-30-23-15-25(24(39-3)14-22(23)27)40-13-8-26-32-34-35-33-26/h4-7,14-15,17-18H,8-13H2,1-3H3,(H,31,38)(H,32,33,34,35). The number of H-pyrrole nitrogens is 1. The van der Waals surface area contributed by atoms with Crippen molar-refractivity contribution in [3.8, 4) is 23.3 Å². The van der Waals surface area contributed by atoms with Crippen LogP contribution in [0.3, 0.4) is 0 Å². The van der Waals surface area contributed by atoms with Gasteiger partial charge in [-0.1, -0.05) is 5.21 Å². The number of aromatic amines is 1. The van der Waals surface area contributed by atoms with Crippen LogP contribution in [0.5, 0.6) is 17.2 Å². The number of nitriles is 1. The number of carbonyl (C=O) groups excluding carboxylic acids is 1. The van der Waals surface area contributed by atoms with Crippen molar-refractivity contribution in [2.45, 2.75) is 26.4 Å². The van der Waals surface area contributed by atoms with Crippen LogP contribution < -0.4 is 24.4 Å². The van der Waals surface area contributed by atoms with Crippen LogP contribution >= 0.6 is 0 Å². The van der Waals surface area contributed by atoms with Crippen molar-refractivity contribution in [1.82, 2.24) is 30.5 Å². The molecule has 4 aromatic rings. The minimum atomic E-state index is -0.174. The third kappa shape index (κ3) is 6.38. The molecule has 0 spiro atoms. The molecule has 1 saturated heterocycles. The Morgan fingerprint density at radius 1 is 1.15 bits per heavy atom. The third-order valence-corrected chi connectivity index (χ3v) is 6.58. The largest absolute Gasteiger partial charge is 0.493 e. The van der Waals surface area contributed by atoms with E-state index in [2.05, 4.69) is 41.9 Å². The topological polar surface area (TPSA) is 154 Å². The zero-order chi connectivity index (χ0) is 28.8. The molecule has 1 aliphatic rings. The minimum Gasteiger partial charge on any atom is -0.493 e. The molecular weight excluding hydrogens is 526 g/mol. The van der Waals surface area contributed by atoms with Crippen molar-refractivity contribution in [2.75, 3.05) is 50.1 Å². The molecule has 13 nitrogen and oxygen atoms in total. The molecule has 41 heavy (non-hydrogen) atoms. The second kappa shape index (κ2) is 12.4. The first-order chi connectivity index (χ1) is 19.9. The number of aromatic nitrogens is 5. The summed E-state index contributed by atoms with van der Waals surface area (Å²) in [5.74, 6) is 2.35. The first-order valence-electron chi connectivity index (χ1n) is 13.3. The molecule has 0 unspecified atom stereocenters. The summed E-state index contributed by atoms with van der Waals surface area (Å²) in [5.41, 5.74) is 2.57. The first kappa shape index (κ1) is 27.4. The van der Waals surface area contributed by atoms with Crippen LogP contribution in [0.1, 0.15) is 25.2 Å². The quantitative estimate of drug-likeness (QED) is 0.313. The minimum absolute atomic E-state index is 0.0796. The van der Waals surface area contributed by atoms with Crippen LogP contribution in [0.25, 0.3) is 10.9 Å². The Hall–Kier alpha value is -5.12. The van der Waals surface area contributed by atoms with E-state index in [1.54, 1.807) is 24.3 Å². The lowest BCUT2D eigenvalue weighted by Gasteiger charge is -2.37. The first-order valence-corrected chi connectivity index (χ1v) is 13.3. The van der Waals surface area contributed by atoms with Gasteiger partial charge >= 0.3 is 6.03 Å². The summed E-state index contributed by atoms with van der Waals surface area (Å²) in [6.07, 6.45) is 2.12. The highest BCUT2D eigenvalue weighted by Gasteiger charge is 2.25. The Bertz CT molecular complexity index is 1530. The monoisotopic (exact) mass is 557 g/mol. The Kier molecular flexibility index (Phi) is 8.28. The van der Waals surface area contributed by atoms with Gasteiger partial charge in [0.15, 0.2) is 17.3 Å². The van der Waals surface area contributed by atoms with E-state index in [0.717, 1.165) is 16.8 Å². The molecule has 0 aliphatic carbocycles. The fourth-order valence-corrected chi connectivity index (χ4v) is 4.65. The molecule has 5 rings (SSSR count). The maximum absolute atomic E-state index is 13.0. The maximum Gasteiger partial charge on any atom is 0.321 e. The number of ether oxygens (including phenoxy) is 3. The second-order valence-electron chi connectivity index (χ2n) is 9.67. The van der Waals surface area contributed by atoms with Crippen LogP contribution in [-0.4, -0.2) is 82.5 Å². The van der Waals surface area contributed by atoms with E-state index < -0.39 is 0 Å². The molecule has 0 atom stereocenters. The van der Waals surface area contributed by atoms with Gasteiger partial charge in [0, 0.05) is 55.9 Å². The van der Waals surface area contributed by atoms with Crippen molar-refractivity contribution >= 4 is 28.3 Å².